The Bertz CT molecular complexity index is 1290. The fourth-order valence-corrected chi connectivity index (χ4v) is 9.00. The highest BCUT2D eigenvalue weighted by Gasteiger charge is 2.65. The molecule has 326 valence electrons. The number of aliphatic hydroxyl groups is 3. The number of methoxy groups -OCH3 is 2. The monoisotopic (exact) mass is 804 g/mol. The summed E-state index contributed by atoms with van der Waals surface area (Å²) in [7, 11) is 7.19. The number of hydrogen-bond acceptors (Lipinski definition) is 16. The normalized spacial score (nSPS) is 46.2. The summed E-state index contributed by atoms with van der Waals surface area (Å²) in [5.41, 5.74) is -3.16. The second-order valence-electron chi connectivity index (χ2n) is 17.2. The Balaban J connectivity index is 1.80. The molecule has 0 aliphatic carbocycles. The van der Waals surface area contributed by atoms with Crippen LogP contribution in [0.2, 0.25) is 0 Å². The van der Waals surface area contributed by atoms with Gasteiger partial charge in [0.2, 0.25) is 12.6 Å². The molecule has 4 aliphatic rings. The van der Waals surface area contributed by atoms with Crippen LogP contribution in [0.4, 0.5) is 0 Å². The van der Waals surface area contributed by atoms with Gasteiger partial charge in [-0.2, -0.15) is 0 Å². The van der Waals surface area contributed by atoms with Crippen molar-refractivity contribution in [3.63, 3.8) is 0 Å². The number of carbonyl (C=O) groups is 1. The Morgan fingerprint density at radius 3 is 2.25 bits per heavy atom. The lowest BCUT2D eigenvalue weighted by molar-refractivity contribution is -0.285. The molecule has 0 aromatic heterocycles. The molecule has 0 bridgehead atoms. The van der Waals surface area contributed by atoms with Crippen molar-refractivity contribution in [2.75, 3.05) is 48.3 Å². The molecule has 17 atom stereocenters. The third-order valence-electron chi connectivity index (χ3n) is 12.3. The van der Waals surface area contributed by atoms with Crippen LogP contribution < -0.4 is 0 Å². The molecular weight excluding hydrogens is 732 g/mol. The van der Waals surface area contributed by atoms with E-state index < -0.39 is 83.6 Å². The van der Waals surface area contributed by atoms with Gasteiger partial charge in [0.1, 0.15) is 17.8 Å². The number of epoxide rings is 1. The molecule has 16 nitrogen and oxygen atoms in total. The molecule has 7 unspecified atom stereocenters. The summed E-state index contributed by atoms with van der Waals surface area (Å²) < 4.78 is 54.6. The van der Waals surface area contributed by atoms with Crippen LogP contribution in [-0.2, 0) is 52.3 Å². The van der Waals surface area contributed by atoms with Crippen molar-refractivity contribution in [1.29, 1.82) is 0 Å². The Hall–Kier alpha value is -1.54. The van der Waals surface area contributed by atoms with Crippen LogP contribution in [0, 0.1) is 23.7 Å². The molecule has 0 aromatic carbocycles. The molecule has 4 rings (SSSR count). The number of esters is 1. The van der Waals surface area contributed by atoms with Crippen molar-refractivity contribution in [3.05, 3.63) is 0 Å². The second kappa shape index (κ2) is 19.7. The predicted octanol–water partition coefficient (Wildman–Crippen LogP) is 3.21. The number of ether oxygens (including phenoxy) is 9. The van der Waals surface area contributed by atoms with Crippen LogP contribution in [0.15, 0.2) is 5.16 Å². The first-order chi connectivity index (χ1) is 26.2. The maximum Gasteiger partial charge on any atom is 0.311 e. The van der Waals surface area contributed by atoms with Gasteiger partial charge in [-0.3, -0.25) is 4.79 Å². The van der Waals surface area contributed by atoms with E-state index in [4.69, 9.17) is 47.5 Å². The smallest absolute Gasteiger partial charge is 0.311 e. The van der Waals surface area contributed by atoms with Gasteiger partial charge >= 0.3 is 5.97 Å². The zero-order chi connectivity index (χ0) is 41.7. The van der Waals surface area contributed by atoms with Crippen molar-refractivity contribution in [3.8, 4) is 0 Å². The van der Waals surface area contributed by atoms with Gasteiger partial charge in [-0.1, -0.05) is 32.9 Å². The standard InChI is InChI=1S/C40H72N2O14/c1-14-29-39(9,46)34(43)24(4)32(41-50-21-49-16-15-47-12)22(2)19-38(8,45)35(55-30-18-28(42(10)11)17-23(3)51-30)25(5)33(26(6)37(44)53-29)54-31-20-40(48-13)36(56-40)27(7)52-31/h22-31,33-36,43,45-46H,14-21H2,1-13H3/b41-32+/t22-,23?,24+,25+,26-,27?,28?,29-,30?,31?,33+,34-,35-,36?,38+,39-,40?/m1/s1. The number of cyclic esters (lactones) is 1. The summed E-state index contributed by atoms with van der Waals surface area (Å²) in [6.45, 7) is 16.4. The van der Waals surface area contributed by atoms with Gasteiger partial charge in [0.15, 0.2) is 12.6 Å². The topological polar surface area (TPSA) is 189 Å². The molecule has 56 heavy (non-hydrogen) atoms. The fourth-order valence-electron chi connectivity index (χ4n) is 9.00. The molecule has 4 heterocycles. The Morgan fingerprint density at radius 1 is 0.929 bits per heavy atom. The third kappa shape index (κ3) is 11.0. The Kier molecular flexibility index (Phi) is 16.6. The molecule has 0 aromatic rings. The lowest BCUT2D eigenvalue weighted by atomic mass is 9.73. The van der Waals surface area contributed by atoms with Gasteiger partial charge in [0.25, 0.3) is 0 Å². The van der Waals surface area contributed by atoms with Crippen LogP contribution in [0.5, 0.6) is 0 Å². The summed E-state index contributed by atoms with van der Waals surface area (Å²) >= 11 is 0. The first kappa shape index (κ1) is 47.1. The first-order valence-electron chi connectivity index (χ1n) is 20.3. The maximum atomic E-state index is 14.3. The number of carbonyl (C=O) groups excluding carboxylic acids is 1. The van der Waals surface area contributed by atoms with E-state index in [1.807, 2.05) is 41.8 Å². The highest BCUT2D eigenvalue weighted by Crippen LogP contribution is 2.49. The number of aliphatic hydroxyl groups excluding tert-OH is 1. The van der Waals surface area contributed by atoms with Crippen LogP contribution in [0.3, 0.4) is 0 Å². The van der Waals surface area contributed by atoms with Crippen LogP contribution in [0.25, 0.3) is 0 Å². The van der Waals surface area contributed by atoms with E-state index >= 15 is 0 Å². The minimum atomic E-state index is -1.91. The van der Waals surface area contributed by atoms with Crippen LogP contribution >= 0.6 is 0 Å². The quantitative estimate of drug-likeness (QED) is 0.0809. The molecule has 0 amide bonds. The fraction of sp³-hybridized carbons (Fsp3) is 0.950. The summed E-state index contributed by atoms with van der Waals surface area (Å²) in [6.07, 6.45) is -4.84. The van der Waals surface area contributed by atoms with E-state index in [0.29, 0.717) is 18.7 Å². The van der Waals surface area contributed by atoms with E-state index in [-0.39, 0.29) is 57.0 Å². The van der Waals surface area contributed by atoms with E-state index in [0.717, 1.165) is 6.42 Å². The second-order valence-corrected chi connectivity index (χ2v) is 17.2. The van der Waals surface area contributed by atoms with Gasteiger partial charge in [-0.15, -0.1) is 0 Å². The summed E-state index contributed by atoms with van der Waals surface area (Å²) in [5, 5.41) is 40.9. The molecule has 4 fully saturated rings. The lowest BCUT2D eigenvalue weighted by Gasteiger charge is -2.47. The van der Waals surface area contributed by atoms with Gasteiger partial charge in [-0.25, -0.2) is 0 Å². The van der Waals surface area contributed by atoms with Gasteiger partial charge in [0, 0.05) is 44.4 Å². The van der Waals surface area contributed by atoms with Crippen LogP contribution in [0.1, 0.15) is 94.4 Å². The predicted molar refractivity (Wildman–Crippen MR) is 204 cm³/mol. The molecule has 4 aliphatic heterocycles. The number of oxime groups is 1. The van der Waals surface area contributed by atoms with Crippen molar-refractivity contribution >= 4 is 11.7 Å². The van der Waals surface area contributed by atoms with E-state index in [9.17, 15) is 20.1 Å². The summed E-state index contributed by atoms with van der Waals surface area (Å²) in [6, 6.07) is 0.166. The highest BCUT2D eigenvalue weighted by molar-refractivity contribution is 5.88. The first-order valence-corrected chi connectivity index (χ1v) is 20.3. The van der Waals surface area contributed by atoms with E-state index in [1.54, 1.807) is 41.9 Å². The Labute approximate surface area is 333 Å². The van der Waals surface area contributed by atoms with E-state index in [2.05, 4.69) is 10.1 Å². The van der Waals surface area contributed by atoms with Crippen LogP contribution in [-0.4, -0.2) is 159 Å². The van der Waals surface area contributed by atoms with Crippen molar-refractivity contribution in [1.82, 2.24) is 4.90 Å². The van der Waals surface area contributed by atoms with Crippen molar-refractivity contribution < 1.29 is 67.6 Å². The minimum Gasteiger partial charge on any atom is -0.459 e. The number of nitrogens with zero attached hydrogens (tertiary/aromatic N) is 2. The average Bonchev–Trinajstić information content (AvgIpc) is 3.88. The molecule has 0 saturated carbocycles. The van der Waals surface area contributed by atoms with Gasteiger partial charge in [-0.05, 0) is 68.0 Å². The van der Waals surface area contributed by atoms with Crippen molar-refractivity contribution in [2.24, 2.45) is 28.8 Å². The third-order valence-corrected chi connectivity index (χ3v) is 12.3. The summed E-state index contributed by atoms with van der Waals surface area (Å²) in [5.74, 6) is -4.50. The molecule has 0 spiro atoms. The largest absolute Gasteiger partial charge is 0.459 e. The Morgan fingerprint density at radius 2 is 1.62 bits per heavy atom. The van der Waals surface area contributed by atoms with Crippen molar-refractivity contribution in [2.45, 2.75) is 173 Å². The number of rotatable bonds is 13. The summed E-state index contributed by atoms with van der Waals surface area (Å²) in [4.78, 5) is 22.0. The minimum absolute atomic E-state index is 0.0787. The van der Waals surface area contributed by atoms with Gasteiger partial charge in [0.05, 0.1) is 67.4 Å². The SMILES string of the molecule is CC[C@H]1OC(=O)[C@H](C)[C@@H](OC2CC3(OC)OC3C(C)O2)[C@H](C)[C@@H](OC2CC(N(C)C)CC(C)O2)[C@@](C)(O)C[C@@H](C)/C(=N\OCOCCOC)[C@H](C)[C@@H](O)[C@]1(C)O. The average molecular weight is 805 g/mol. The zero-order valence-electron chi connectivity index (χ0n) is 36.0. The molecule has 3 N–H and O–H groups in total. The maximum absolute atomic E-state index is 14.3. The lowest BCUT2D eigenvalue weighted by Crippen LogP contribution is -2.58. The molecule has 16 heteroatoms. The highest BCUT2D eigenvalue weighted by atomic mass is 16.8. The van der Waals surface area contributed by atoms with Gasteiger partial charge < -0.3 is 67.7 Å². The number of fused-ring (bicyclic) bond motifs is 1. The molecule has 4 saturated heterocycles. The zero-order valence-corrected chi connectivity index (χ0v) is 36.0. The van der Waals surface area contributed by atoms with E-state index in [1.165, 1.54) is 6.92 Å². The molecular formula is C40H72N2O14. The molecule has 0 radical (unpaired) electrons. The number of hydrogen-bond donors (Lipinski definition) is 3.